The van der Waals surface area contributed by atoms with Crippen molar-refractivity contribution < 1.29 is 28.8 Å². The highest BCUT2D eigenvalue weighted by Gasteiger charge is 2.30. The first-order valence-electron chi connectivity index (χ1n) is 16.8. The summed E-state index contributed by atoms with van der Waals surface area (Å²) in [5.74, 6) is -3.15. The van der Waals surface area contributed by atoms with E-state index in [1.165, 1.54) is 11.8 Å². The Balaban J connectivity index is 2.21. The third-order valence-electron chi connectivity index (χ3n) is 7.90. The molecular formula is C36H53N7O6S. The minimum Gasteiger partial charge on any atom is -0.368 e. The van der Waals surface area contributed by atoms with E-state index in [0.717, 1.165) is 11.1 Å². The third kappa shape index (κ3) is 15.0. The van der Waals surface area contributed by atoms with Crippen LogP contribution in [0.3, 0.4) is 0 Å². The van der Waals surface area contributed by atoms with E-state index in [9.17, 15) is 28.8 Å². The van der Waals surface area contributed by atoms with E-state index in [-0.39, 0.29) is 31.1 Å². The highest BCUT2D eigenvalue weighted by atomic mass is 32.2. The largest absolute Gasteiger partial charge is 0.368 e. The minimum atomic E-state index is -1.12. The van der Waals surface area contributed by atoms with Crippen LogP contribution >= 0.6 is 11.8 Å². The summed E-state index contributed by atoms with van der Waals surface area (Å²) in [5, 5.41) is 13.4. The number of primary amides is 1. The zero-order valence-corrected chi connectivity index (χ0v) is 30.4. The highest BCUT2D eigenvalue weighted by molar-refractivity contribution is 7.98. The van der Waals surface area contributed by atoms with Gasteiger partial charge < -0.3 is 38.1 Å². The molecule has 0 aliphatic heterocycles. The average Bonchev–Trinajstić information content (AvgIpc) is 3.08. The summed E-state index contributed by atoms with van der Waals surface area (Å²) in [7, 11) is 0. The van der Waals surface area contributed by atoms with Crippen LogP contribution in [0.25, 0.3) is 0 Å². The van der Waals surface area contributed by atoms with Crippen molar-refractivity contribution >= 4 is 47.2 Å². The molecule has 0 saturated heterocycles. The molecule has 0 saturated carbocycles. The molecule has 0 aromatic heterocycles. The lowest BCUT2D eigenvalue weighted by Gasteiger charge is -2.25. The molecule has 14 heteroatoms. The van der Waals surface area contributed by atoms with Gasteiger partial charge >= 0.3 is 0 Å². The first-order valence-corrected chi connectivity index (χ1v) is 18.2. The third-order valence-corrected chi connectivity index (χ3v) is 8.55. The zero-order chi connectivity index (χ0) is 37.2. The number of amides is 6. The molecule has 2 aromatic carbocycles. The number of carbonyl (C=O) groups is 6. The number of benzene rings is 2. The number of hydrogen-bond acceptors (Lipinski definition) is 8. The highest BCUT2D eigenvalue weighted by Crippen LogP contribution is 2.10. The summed E-state index contributed by atoms with van der Waals surface area (Å²) >= 11 is 1.51. The summed E-state index contributed by atoms with van der Waals surface area (Å²) in [4.78, 5) is 78.3. The number of carbonyl (C=O) groups excluding carboxylic acids is 6. The Bertz CT molecular complexity index is 1410. The van der Waals surface area contributed by atoms with Crippen molar-refractivity contribution in [2.75, 3.05) is 18.6 Å². The quantitative estimate of drug-likeness (QED) is 0.0981. The van der Waals surface area contributed by atoms with Crippen LogP contribution in [-0.4, -0.2) is 84.2 Å². The van der Waals surface area contributed by atoms with Gasteiger partial charge in [-0.05, 0) is 47.8 Å². The topological polar surface area (TPSA) is 215 Å². The fourth-order valence-corrected chi connectivity index (χ4v) is 5.47. The fraction of sp³-hybridized carbons (Fsp3) is 0.500. The van der Waals surface area contributed by atoms with Gasteiger partial charge in [-0.25, -0.2) is 0 Å². The maximum absolute atomic E-state index is 13.7. The van der Waals surface area contributed by atoms with Gasteiger partial charge in [0.05, 0.1) is 12.6 Å². The van der Waals surface area contributed by atoms with Crippen LogP contribution in [0, 0.1) is 11.8 Å². The second-order valence-corrected chi connectivity index (χ2v) is 14.0. The van der Waals surface area contributed by atoms with E-state index >= 15 is 0 Å². The average molecular weight is 712 g/mol. The van der Waals surface area contributed by atoms with Gasteiger partial charge in [-0.15, -0.1) is 0 Å². The Morgan fingerprint density at radius 1 is 0.660 bits per heavy atom. The lowest BCUT2D eigenvalue weighted by molar-refractivity contribution is -0.133. The number of nitrogens with two attached hydrogens (primary N) is 2. The van der Waals surface area contributed by atoms with Gasteiger partial charge in [-0.3, -0.25) is 28.8 Å². The second kappa shape index (κ2) is 21.6. The van der Waals surface area contributed by atoms with Gasteiger partial charge in [-0.1, -0.05) is 88.4 Å². The summed E-state index contributed by atoms with van der Waals surface area (Å²) in [6.45, 7) is 6.88. The van der Waals surface area contributed by atoms with Gasteiger partial charge in [-0.2, -0.15) is 11.8 Å². The molecule has 0 heterocycles. The Hall–Kier alpha value is -4.43. The standard InChI is InChI=1S/C36H53N7O6S/c1-22(2)18-27(34(47)41-26(32(38)45)16-17-50-5)40-30(44)21-39-33(46)28(19-24-12-8-6-9-13-24)42-35(48)29(20-25-14-10-7-11-15-25)43-36(49)31(37)23(3)4/h6-15,22-23,26-29,31H,16-21,37H2,1-5H3,(H2,38,45)(H,39,46)(H,40,44)(H,41,47)(H,42,48)(H,43,49)/t26-,27-,28-,29-,31-/m0/s1. The van der Waals surface area contributed by atoms with Crippen LogP contribution in [0.4, 0.5) is 0 Å². The normalized spacial score (nSPS) is 14.1. The molecule has 0 spiro atoms. The van der Waals surface area contributed by atoms with E-state index < -0.39 is 72.2 Å². The van der Waals surface area contributed by atoms with Crippen molar-refractivity contribution in [2.24, 2.45) is 23.3 Å². The van der Waals surface area contributed by atoms with Crippen molar-refractivity contribution in [2.45, 2.75) is 83.6 Å². The molecular weight excluding hydrogens is 659 g/mol. The SMILES string of the molecule is CSCC[C@H](NC(=O)[C@H](CC(C)C)NC(=O)CNC(=O)[C@H](Cc1ccccc1)NC(=O)[C@H](Cc1ccccc1)NC(=O)[C@@H](N)C(C)C)C(N)=O. The predicted molar refractivity (Wildman–Crippen MR) is 195 cm³/mol. The molecule has 13 nitrogen and oxygen atoms in total. The number of rotatable bonds is 21. The smallest absolute Gasteiger partial charge is 0.243 e. The maximum Gasteiger partial charge on any atom is 0.243 e. The molecule has 274 valence electrons. The molecule has 6 amide bonds. The number of nitrogens with one attached hydrogen (secondary N) is 5. The van der Waals surface area contributed by atoms with Crippen LogP contribution in [0.1, 0.15) is 51.7 Å². The molecule has 0 radical (unpaired) electrons. The lowest BCUT2D eigenvalue weighted by atomic mass is 10.0. The van der Waals surface area contributed by atoms with Gasteiger partial charge in [0.25, 0.3) is 0 Å². The summed E-state index contributed by atoms with van der Waals surface area (Å²) < 4.78 is 0. The van der Waals surface area contributed by atoms with Gasteiger partial charge in [0.15, 0.2) is 0 Å². The number of hydrogen-bond donors (Lipinski definition) is 7. The molecule has 2 rings (SSSR count). The predicted octanol–water partition coefficient (Wildman–Crippen LogP) is 0.795. The van der Waals surface area contributed by atoms with E-state index in [4.69, 9.17) is 11.5 Å². The van der Waals surface area contributed by atoms with Gasteiger partial charge in [0.2, 0.25) is 35.4 Å². The Morgan fingerprint density at radius 3 is 1.62 bits per heavy atom. The Morgan fingerprint density at radius 2 is 1.14 bits per heavy atom. The van der Waals surface area contributed by atoms with Crippen LogP contribution in [0.15, 0.2) is 60.7 Å². The zero-order valence-electron chi connectivity index (χ0n) is 29.6. The van der Waals surface area contributed by atoms with Crippen LogP contribution < -0.4 is 38.1 Å². The van der Waals surface area contributed by atoms with Gasteiger partial charge in [0, 0.05) is 12.8 Å². The minimum absolute atomic E-state index is 0.0174. The molecule has 0 fully saturated rings. The molecule has 0 bridgehead atoms. The molecule has 0 aliphatic carbocycles. The molecule has 2 aromatic rings. The molecule has 9 N–H and O–H groups in total. The molecule has 0 aliphatic rings. The van der Waals surface area contributed by atoms with Crippen molar-refractivity contribution in [3.05, 3.63) is 71.8 Å². The summed E-state index contributed by atoms with van der Waals surface area (Å²) in [5.41, 5.74) is 13.1. The molecule has 0 unspecified atom stereocenters. The van der Waals surface area contributed by atoms with Crippen molar-refractivity contribution in [1.29, 1.82) is 0 Å². The monoisotopic (exact) mass is 711 g/mol. The van der Waals surface area contributed by atoms with E-state index in [0.29, 0.717) is 12.2 Å². The van der Waals surface area contributed by atoms with E-state index in [1.807, 2.05) is 56.5 Å². The lowest BCUT2D eigenvalue weighted by Crippen LogP contribution is -2.58. The Labute approximate surface area is 299 Å². The molecule has 50 heavy (non-hydrogen) atoms. The second-order valence-electron chi connectivity index (χ2n) is 13.0. The van der Waals surface area contributed by atoms with Crippen molar-refractivity contribution in [3.8, 4) is 0 Å². The van der Waals surface area contributed by atoms with E-state index in [2.05, 4.69) is 26.6 Å². The summed E-state index contributed by atoms with van der Waals surface area (Å²) in [6.07, 6.45) is 2.74. The van der Waals surface area contributed by atoms with E-state index in [1.54, 1.807) is 38.1 Å². The number of thioether (sulfide) groups is 1. The van der Waals surface area contributed by atoms with Crippen molar-refractivity contribution in [3.63, 3.8) is 0 Å². The molecule has 5 atom stereocenters. The first kappa shape index (κ1) is 41.7. The maximum atomic E-state index is 13.7. The van der Waals surface area contributed by atoms with Crippen LogP contribution in [-0.2, 0) is 41.6 Å². The first-order chi connectivity index (χ1) is 23.7. The van der Waals surface area contributed by atoms with Gasteiger partial charge in [0.1, 0.15) is 24.2 Å². The Kier molecular flexibility index (Phi) is 18.0. The van der Waals surface area contributed by atoms with Crippen LogP contribution in [0.2, 0.25) is 0 Å². The summed E-state index contributed by atoms with van der Waals surface area (Å²) in [6, 6.07) is 13.3. The van der Waals surface area contributed by atoms with Crippen LogP contribution in [0.5, 0.6) is 0 Å². The van der Waals surface area contributed by atoms with Crippen molar-refractivity contribution in [1.82, 2.24) is 26.6 Å². The fourth-order valence-electron chi connectivity index (χ4n) is 4.99.